The molecule has 5 rings (SSSR count). The number of rotatable bonds is 4. The van der Waals surface area contributed by atoms with Crippen molar-refractivity contribution in [2.45, 2.75) is 50.3 Å². The number of aliphatic hydroxyl groups excluding tert-OH is 2. The lowest BCUT2D eigenvalue weighted by molar-refractivity contribution is -0.144. The Morgan fingerprint density at radius 1 is 1.17 bits per heavy atom. The SMILES string of the molecule is CN1CCC(NCc2ccc(O)c3c2C[C@H]2C[C@H]4CC(O)=C(C(N)=O)C(=O)[C@@]4(O)C(O)=C2C3=O)CC1. The minimum Gasteiger partial charge on any atom is -0.511 e. The number of aromatic hydroxyl groups is 1. The Bertz CT molecular complexity index is 1230. The van der Waals surface area contributed by atoms with E-state index >= 15 is 0 Å². The van der Waals surface area contributed by atoms with Crippen molar-refractivity contribution >= 4 is 17.5 Å². The monoisotopic (exact) mass is 497 g/mol. The average molecular weight is 498 g/mol. The lowest BCUT2D eigenvalue weighted by atomic mass is 9.60. The van der Waals surface area contributed by atoms with Gasteiger partial charge in [0.1, 0.15) is 22.8 Å². The van der Waals surface area contributed by atoms with E-state index in [1.807, 2.05) is 0 Å². The number of aliphatic hydroxyl groups is 3. The molecule has 36 heavy (non-hydrogen) atoms. The molecule has 0 saturated carbocycles. The van der Waals surface area contributed by atoms with Crippen LogP contribution in [0.3, 0.4) is 0 Å². The normalized spacial score (nSPS) is 29.2. The summed E-state index contributed by atoms with van der Waals surface area (Å²) in [7, 11) is 2.09. The van der Waals surface area contributed by atoms with Crippen LogP contribution in [0, 0.1) is 11.8 Å². The first-order valence-corrected chi connectivity index (χ1v) is 12.3. The summed E-state index contributed by atoms with van der Waals surface area (Å²) in [6.45, 7) is 2.52. The van der Waals surface area contributed by atoms with Crippen LogP contribution in [0.4, 0.5) is 0 Å². The molecule has 1 aromatic rings. The van der Waals surface area contributed by atoms with E-state index in [0.717, 1.165) is 31.5 Å². The minimum atomic E-state index is -2.54. The number of hydrogen-bond donors (Lipinski definition) is 6. The van der Waals surface area contributed by atoms with Crippen LogP contribution < -0.4 is 11.1 Å². The molecule has 0 unspecified atom stereocenters. The molecule has 0 spiro atoms. The molecule has 0 bridgehead atoms. The van der Waals surface area contributed by atoms with Gasteiger partial charge in [0, 0.05) is 30.5 Å². The lowest BCUT2D eigenvalue weighted by Crippen LogP contribution is -2.57. The highest BCUT2D eigenvalue weighted by Gasteiger charge is 2.59. The van der Waals surface area contributed by atoms with Crippen molar-refractivity contribution in [3.05, 3.63) is 51.5 Å². The highest BCUT2D eigenvalue weighted by molar-refractivity contribution is 6.24. The first kappa shape index (κ1) is 24.5. The number of primary amides is 1. The average Bonchev–Trinajstić information content (AvgIpc) is 2.81. The molecule has 1 aliphatic heterocycles. The maximum Gasteiger partial charge on any atom is 0.255 e. The Hall–Kier alpha value is -3.21. The number of phenolic OH excluding ortho intramolecular Hbond substituents is 1. The molecule has 0 radical (unpaired) electrons. The van der Waals surface area contributed by atoms with Gasteiger partial charge in [-0.2, -0.15) is 0 Å². The molecule has 10 nitrogen and oxygen atoms in total. The van der Waals surface area contributed by atoms with E-state index in [1.165, 1.54) is 6.07 Å². The van der Waals surface area contributed by atoms with Gasteiger partial charge in [0.2, 0.25) is 5.78 Å². The number of fused-ring (bicyclic) bond motifs is 3. The number of hydrogen-bond acceptors (Lipinski definition) is 9. The summed E-state index contributed by atoms with van der Waals surface area (Å²) in [5, 5.41) is 46.8. The number of carbonyl (C=O) groups excluding carboxylic acids is 3. The second-order valence-electron chi connectivity index (χ2n) is 10.5. The van der Waals surface area contributed by atoms with E-state index in [9.17, 15) is 34.8 Å². The molecule has 1 fully saturated rings. The minimum absolute atomic E-state index is 0.0503. The number of amides is 1. The van der Waals surface area contributed by atoms with Gasteiger partial charge in [-0.1, -0.05) is 6.07 Å². The summed E-state index contributed by atoms with van der Waals surface area (Å²) in [6, 6.07) is 3.57. The van der Waals surface area contributed by atoms with Gasteiger partial charge in [-0.3, -0.25) is 14.4 Å². The molecule has 1 amide bonds. The van der Waals surface area contributed by atoms with Crippen molar-refractivity contribution in [3.63, 3.8) is 0 Å². The zero-order valence-electron chi connectivity index (χ0n) is 20.1. The fraction of sp³-hybridized carbons (Fsp3) is 0.500. The molecule has 7 N–H and O–H groups in total. The number of nitrogens with zero attached hydrogens (tertiary/aromatic N) is 1. The number of likely N-dealkylation sites (tertiary alicyclic amines) is 1. The van der Waals surface area contributed by atoms with Crippen molar-refractivity contribution in [1.29, 1.82) is 0 Å². The summed E-state index contributed by atoms with van der Waals surface area (Å²) in [5.74, 6) is -6.15. The van der Waals surface area contributed by atoms with Crippen LogP contribution in [0.15, 0.2) is 34.8 Å². The Kier molecular flexibility index (Phi) is 5.93. The summed E-state index contributed by atoms with van der Waals surface area (Å²) in [4.78, 5) is 40.6. The van der Waals surface area contributed by atoms with Gasteiger partial charge in [-0.05, 0) is 68.9 Å². The van der Waals surface area contributed by atoms with Crippen LogP contribution >= 0.6 is 0 Å². The number of ketones is 2. The van der Waals surface area contributed by atoms with Crippen LogP contribution in [0.25, 0.3) is 0 Å². The molecular weight excluding hydrogens is 466 g/mol. The first-order valence-electron chi connectivity index (χ1n) is 12.3. The van der Waals surface area contributed by atoms with Gasteiger partial charge >= 0.3 is 0 Å². The van der Waals surface area contributed by atoms with Gasteiger partial charge in [-0.15, -0.1) is 0 Å². The van der Waals surface area contributed by atoms with Crippen LogP contribution in [0.2, 0.25) is 0 Å². The molecule has 10 heteroatoms. The Morgan fingerprint density at radius 2 is 1.86 bits per heavy atom. The van der Waals surface area contributed by atoms with Gasteiger partial charge in [0.25, 0.3) is 5.91 Å². The quantitative estimate of drug-likeness (QED) is 0.328. The molecule has 1 heterocycles. The third-order valence-corrected chi connectivity index (χ3v) is 8.34. The number of benzene rings is 1. The number of allylic oxidation sites excluding steroid dienone is 2. The maximum atomic E-state index is 13.6. The molecule has 1 saturated heterocycles. The van der Waals surface area contributed by atoms with Crippen LogP contribution in [-0.4, -0.2) is 74.6 Å². The topological polar surface area (TPSA) is 173 Å². The van der Waals surface area contributed by atoms with Crippen LogP contribution in [0.5, 0.6) is 5.75 Å². The zero-order valence-corrected chi connectivity index (χ0v) is 20.1. The number of phenols is 1. The Morgan fingerprint density at radius 3 is 2.53 bits per heavy atom. The van der Waals surface area contributed by atoms with Gasteiger partial charge in [-0.25, -0.2) is 0 Å². The molecule has 3 atom stereocenters. The summed E-state index contributed by atoms with van der Waals surface area (Å²) in [6.07, 6.45) is 2.23. The standard InChI is InChI=1S/C26H31N3O7/c1-29-6-4-15(5-7-29)28-11-12-2-3-17(30)20-16(12)9-13-8-14-10-18(31)21(25(27)35)24(34)26(14,36)23(33)19(13)22(20)32/h2-3,13-15,28,30-31,33,36H,4-11H2,1H3,(H2,27,35)/t13-,14+,26+/m1/s1. The molecule has 1 aromatic carbocycles. The molecular formula is C26H31N3O7. The number of carbonyl (C=O) groups is 3. The summed E-state index contributed by atoms with van der Waals surface area (Å²) in [5.41, 5.74) is 3.36. The first-order chi connectivity index (χ1) is 17.0. The highest BCUT2D eigenvalue weighted by atomic mass is 16.3. The van der Waals surface area contributed by atoms with Gasteiger partial charge in [0.05, 0.1) is 5.56 Å². The smallest absolute Gasteiger partial charge is 0.255 e. The van der Waals surface area contributed by atoms with Crippen molar-refractivity contribution in [2.24, 2.45) is 17.6 Å². The molecule has 0 aromatic heterocycles. The fourth-order valence-corrected chi connectivity index (χ4v) is 6.32. The summed E-state index contributed by atoms with van der Waals surface area (Å²) >= 11 is 0. The Labute approximate surface area is 208 Å². The third kappa shape index (κ3) is 3.63. The second-order valence-corrected chi connectivity index (χ2v) is 10.5. The van der Waals surface area contributed by atoms with E-state index in [0.29, 0.717) is 24.6 Å². The fourth-order valence-electron chi connectivity index (χ4n) is 6.32. The predicted molar refractivity (Wildman–Crippen MR) is 128 cm³/mol. The van der Waals surface area contributed by atoms with E-state index in [2.05, 4.69) is 17.3 Å². The lowest BCUT2D eigenvalue weighted by Gasteiger charge is -2.45. The van der Waals surface area contributed by atoms with Crippen molar-refractivity contribution < 1.29 is 34.8 Å². The number of piperidine rings is 1. The maximum absolute atomic E-state index is 13.6. The van der Waals surface area contributed by atoms with Gasteiger partial charge in [0.15, 0.2) is 11.4 Å². The van der Waals surface area contributed by atoms with E-state index in [4.69, 9.17) is 5.73 Å². The highest BCUT2D eigenvalue weighted by Crippen LogP contribution is 2.51. The Balaban J connectivity index is 1.50. The number of nitrogens with one attached hydrogen (secondary N) is 1. The third-order valence-electron chi connectivity index (χ3n) is 8.34. The second kappa shape index (κ2) is 8.72. The van der Waals surface area contributed by atoms with Crippen LogP contribution in [-0.2, 0) is 22.6 Å². The van der Waals surface area contributed by atoms with Gasteiger partial charge < -0.3 is 36.4 Å². The molecule has 192 valence electrons. The van der Waals surface area contributed by atoms with E-state index in [1.54, 1.807) is 6.07 Å². The summed E-state index contributed by atoms with van der Waals surface area (Å²) < 4.78 is 0. The van der Waals surface area contributed by atoms with Crippen molar-refractivity contribution in [3.8, 4) is 5.75 Å². The van der Waals surface area contributed by atoms with E-state index in [-0.39, 0.29) is 29.7 Å². The van der Waals surface area contributed by atoms with Crippen molar-refractivity contribution in [2.75, 3.05) is 20.1 Å². The molecule has 4 aliphatic rings. The predicted octanol–water partition coefficient (Wildman–Crippen LogP) is 0.764. The number of nitrogens with two attached hydrogens (primary N) is 1. The van der Waals surface area contributed by atoms with E-state index < -0.39 is 52.0 Å². The zero-order chi connectivity index (χ0) is 25.9. The molecule has 3 aliphatic carbocycles. The number of Topliss-reactive ketones (excluding diaryl/α,β-unsaturated/α-hetero) is 2. The van der Waals surface area contributed by atoms with Crippen molar-refractivity contribution in [1.82, 2.24) is 10.2 Å². The largest absolute Gasteiger partial charge is 0.511 e. The van der Waals surface area contributed by atoms with Crippen LogP contribution in [0.1, 0.15) is 47.2 Å².